The van der Waals surface area contributed by atoms with Gasteiger partial charge in [-0.2, -0.15) is 0 Å². The first-order valence-electron chi connectivity index (χ1n) is 5.55. The van der Waals surface area contributed by atoms with E-state index in [9.17, 15) is 14.4 Å². The molecule has 3 amide bonds. The van der Waals surface area contributed by atoms with Crippen LogP contribution in [0.2, 0.25) is 0 Å². The molecule has 0 unspecified atom stereocenters. The van der Waals surface area contributed by atoms with E-state index in [0.29, 0.717) is 0 Å². The van der Waals surface area contributed by atoms with Gasteiger partial charge in [0.15, 0.2) is 0 Å². The van der Waals surface area contributed by atoms with E-state index in [0.717, 1.165) is 4.90 Å². The lowest BCUT2D eigenvalue weighted by Crippen LogP contribution is -2.47. The number of amides is 3. The van der Waals surface area contributed by atoms with Gasteiger partial charge in [0.05, 0.1) is 0 Å². The summed E-state index contributed by atoms with van der Waals surface area (Å²) in [5, 5.41) is 11.6. The molecule has 1 aliphatic rings. The molecule has 0 aromatic carbocycles. The number of hydrogen-bond donors (Lipinski definition) is 2. The lowest BCUT2D eigenvalue weighted by molar-refractivity contribution is -0.148. The number of carboxylic acid groups (broad SMARTS) is 1. The van der Waals surface area contributed by atoms with Crippen molar-refractivity contribution in [1.29, 1.82) is 0 Å². The highest BCUT2D eigenvalue weighted by molar-refractivity contribution is 6.08. The number of nitrogens with one attached hydrogen (secondary N) is 1. The molecule has 1 fully saturated rings. The van der Waals surface area contributed by atoms with Crippen LogP contribution in [-0.4, -0.2) is 39.5 Å². The van der Waals surface area contributed by atoms with Gasteiger partial charge in [0.2, 0.25) is 0 Å². The van der Waals surface area contributed by atoms with Gasteiger partial charge in [-0.25, -0.2) is 14.5 Å². The largest absolute Gasteiger partial charge is 0.480 e. The molecule has 0 aromatic rings. The fraction of sp³-hybridized carbons (Fsp3) is 0.727. The number of nitrogens with zero attached hydrogens (tertiary/aromatic N) is 1. The van der Waals surface area contributed by atoms with Crippen molar-refractivity contribution < 1.29 is 19.5 Å². The van der Waals surface area contributed by atoms with Crippen molar-refractivity contribution in [3.63, 3.8) is 0 Å². The molecular weight excluding hydrogens is 224 g/mol. The first kappa shape index (κ1) is 13.5. The van der Waals surface area contributed by atoms with Crippen molar-refractivity contribution in [1.82, 2.24) is 10.2 Å². The molecule has 1 heterocycles. The average molecular weight is 242 g/mol. The third kappa shape index (κ3) is 2.57. The van der Waals surface area contributed by atoms with E-state index >= 15 is 0 Å². The first-order chi connectivity index (χ1) is 7.66. The van der Waals surface area contributed by atoms with E-state index in [1.165, 1.54) is 0 Å². The fourth-order valence-corrected chi connectivity index (χ4v) is 1.82. The zero-order valence-corrected chi connectivity index (χ0v) is 10.5. The van der Waals surface area contributed by atoms with Gasteiger partial charge in [-0.05, 0) is 26.2 Å². The average Bonchev–Trinajstić information content (AvgIpc) is 2.33. The molecule has 0 spiro atoms. The molecule has 17 heavy (non-hydrogen) atoms. The van der Waals surface area contributed by atoms with Crippen molar-refractivity contribution in [3.8, 4) is 0 Å². The summed E-state index contributed by atoms with van der Waals surface area (Å²) in [6.45, 7) is 6.81. The van der Waals surface area contributed by atoms with Crippen LogP contribution in [0.3, 0.4) is 0 Å². The van der Waals surface area contributed by atoms with Gasteiger partial charge < -0.3 is 10.4 Å². The standard InChI is InChI=1S/C11H18N2O4/c1-6(2)5-7(8(14)15)13-9(16)11(3,4)12-10(13)17/h6-7H,5H2,1-4H3,(H,12,17)(H,14,15)/t7-/m0/s1. The molecule has 0 aromatic heterocycles. The second-order valence-electron chi connectivity index (χ2n) is 5.21. The van der Waals surface area contributed by atoms with E-state index in [4.69, 9.17) is 5.11 Å². The molecule has 1 saturated heterocycles. The Bertz CT molecular complexity index is 362. The van der Waals surface area contributed by atoms with E-state index in [1.54, 1.807) is 13.8 Å². The van der Waals surface area contributed by atoms with Crippen molar-refractivity contribution in [2.24, 2.45) is 5.92 Å². The minimum Gasteiger partial charge on any atom is -0.480 e. The Morgan fingerprint density at radius 2 is 1.94 bits per heavy atom. The summed E-state index contributed by atoms with van der Waals surface area (Å²) in [5.74, 6) is -1.56. The SMILES string of the molecule is CC(C)C[C@@H](C(=O)O)N1C(=O)NC(C)(C)C1=O. The lowest BCUT2D eigenvalue weighted by Gasteiger charge is -2.23. The van der Waals surface area contributed by atoms with Crippen molar-refractivity contribution in [2.45, 2.75) is 45.7 Å². The Morgan fingerprint density at radius 3 is 2.24 bits per heavy atom. The normalized spacial score (nSPS) is 20.6. The maximum Gasteiger partial charge on any atom is 0.327 e. The maximum absolute atomic E-state index is 11.9. The molecule has 1 rings (SSSR count). The van der Waals surface area contributed by atoms with Gasteiger partial charge in [-0.3, -0.25) is 4.79 Å². The molecule has 0 saturated carbocycles. The number of hydrogen-bond acceptors (Lipinski definition) is 3. The smallest absolute Gasteiger partial charge is 0.327 e. The predicted molar refractivity (Wildman–Crippen MR) is 60.3 cm³/mol. The van der Waals surface area contributed by atoms with Crippen LogP contribution in [0.4, 0.5) is 4.79 Å². The van der Waals surface area contributed by atoms with E-state index in [1.807, 2.05) is 13.8 Å². The Kier molecular flexibility index (Phi) is 3.45. The number of rotatable bonds is 4. The molecule has 0 bridgehead atoms. The summed E-state index contributed by atoms with van der Waals surface area (Å²) < 4.78 is 0. The zero-order chi connectivity index (χ0) is 13.4. The minimum absolute atomic E-state index is 0.0837. The zero-order valence-electron chi connectivity index (χ0n) is 10.5. The molecule has 2 N–H and O–H groups in total. The van der Waals surface area contributed by atoms with Crippen LogP contribution < -0.4 is 5.32 Å². The molecule has 6 nitrogen and oxygen atoms in total. The van der Waals surface area contributed by atoms with Crippen LogP contribution >= 0.6 is 0 Å². The molecular formula is C11H18N2O4. The minimum atomic E-state index is -1.15. The molecule has 96 valence electrons. The third-order valence-corrected chi connectivity index (χ3v) is 2.68. The van der Waals surface area contributed by atoms with Crippen LogP contribution in [0.25, 0.3) is 0 Å². The van der Waals surface area contributed by atoms with E-state index in [2.05, 4.69) is 5.32 Å². The van der Waals surface area contributed by atoms with Crippen molar-refractivity contribution >= 4 is 17.9 Å². The quantitative estimate of drug-likeness (QED) is 0.714. The third-order valence-electron chi connectivity index (χ3n) is 2.68. The summed E-state index contributed by atoms with van der Waals surface area (Å²) >= 11 is 0. The molecule has 1 atom stereocenters. The summed E-state index contributed by atoms with van der Waals surface area (Å²) in [7, 11) is 0. The summed E-state index contributed by atoms with van der Waals surface area (Å²) in [5.41, 5.74) is -1.03. The summed E-state index contributed by atoms with van der Waals surface area (Å²) in [6, 6.07) is -1.72. The van der Waals surface area contributed by atoms with Gasteiger partial charge in [0.25, 0.3) is 5.91 Å². The van der Waals surface area contributed by atoms with E-state index in [-0.39, 0.29) is 12.3 Å². The van der Waals surface area contributed by atoms with Crippen LogP contribution in [0.5, 0.6) is 0 Å². The highest BCUT2D eigenvalue weighted by atomic mass is 16.4. The van der Waals surface area contributed by atoms with Crippen molar-refractivity contribution in [3.05, 3.63) is 0 Å². The second-order valence-corrected chi connectivity index (χ2v) is 5.21. The molecule has 0 radical (unpaired) electrons. The molecule has 0 aliphatic carbocycles. The Balaban J connectivity index is 3.00. The van der Waals surface area contributed by atoms with Crippen LogP contribution in [0.1, 0.15) is 34.1 Å². The van der Waals surface area contributed by atoms with Crippen molar-refractivity contribution in [2.75, 3.05) is 0 Å². The number of urea groups is 1. The number of carbonyl (C=O) groups is 3. The second kappa shape index (κ2) is 4.35. The van der Waals surface area contributed by atoms with Gasteiger partial charge in [-0.1, -0.05) is 13.8 Å². The Hall–Kier alpha value is -1.59. The molecule has 1 aliphatic heterocycles. The monoisotopic (exact) mass is 242 g/mol. The Morgan fingerprint density at radius 1 is 1.41 bits per heavy atom. The molecule has 6 heteroatoms. The number of carboxylic acids is 1. The maximum atomic E-state index is 11.9. The number of carbonyl (C=O) groups excluding carboxylic acids is 2. The fourth-order valence-electron chi connectivity index (χ4n) is 1.82. The van der Waals surface area contributed by atoms with Crippen LogP contribution in [-0.2, 0) is 9.59 Å². The highest BCUT2D eigenvalue weighted by Gasteiger charge is 2.49. The topological polar surface area (TPSA) is 86.7 Å². The van der Waals surface area contributed by atoms with Crippen LogP contribution in [0.15, 0.2) is 0 Å². The number of imide groups is 1. The number of aliphatic carboxylic acids is 1. The first-order valence-corrected chi connectivity index (χ1v) is 5.55. The summed E-state index contributed by atoms with van der Waals surface area (Å²) in [4.78, 5) is 35.6. The summed E-state index contributed by atoms with van der Waals surface area (Å²) in [6.07, 6.45) is 0.255. The predicted octanol–water partition coefficient (Wildman–Crippen LogP) is 0.816. The lowest BCUT2D eigenvalue weighted by atomic mass is 10.0. The van der Waals surface area contributed by atoms with Gasteiger partial charge in [0.1, 0.15) is 11.6 Å². The van der Waals surface area contributed by atoms with Gasteiger partial charge >= 0.3 is 12.0 Å². The van der Waals surface area contributed by atoms with Crippen LogP contribution in [0, 0.1) is 5.92 Å². The van der Waals surface area contributed by atoms with Gasteiger partial charge in [0, 0.05) is 0 Å². The Labute approximate surface area is 100.0 Å². The highest BCUT2D eigenvalue weighted by Crippen LogP contribution is 2.22. The van der Waals surface area contributed by atoms with Gasteiger partial charge in [-0.15, -0.1) is 0 Å². The van der Waals surface area contributed by atoms with E-state index < -0.39 is 29.5 Å².